The summed E-state index contributed by atoms with van der Waals surface area (Å²) in [7, 11) is 4.13. The monoisotopic (exact) mass is 249 g/mol. The maximum Gasteiger partial charge on any atom is 0.131 e. The average Bonchev–Trinajstić information content (AvgIpc) is 2.12. The van der Waals surface area contributed by atoms with Gasteiger partial charge in [0.05, 0.1) is 0 Å². The van der Waals surface area contributed by atoms with E-state index in [1.165, 1.54) is 0 Å². The Morgan fingerprint density at radius 3 is 2.73 bits per heavy atom. The summed E-state index contributed by atoms with van der Waals surface area (Å²) in [5, 5.41) is 3.75. The molecule has 1 N–H and O–H groups in total. The first-order chi connectivity index (χ1) is 6.68. The van der Waals surface area contributed by atoms with Gasteiger partial charge < -0.3 is 10.2 Å². The van der Waals surface area contributed by atoms with Gasteiger partial charge in [0.15, 0.2) is 0 Å². The fourth-order valence-corrected chi connectivity index (χ4v) is 1.28. The first-order valence-corrected chi connectivity index (χ1v) is 5.07. The second-order valence-electron chi connectivity index (χ2n) is 3.43. The number of rotatable bonds is 5. The van der Waals surface area contributed by atoms with E-state index in [1.807, 2.05) is 12.1 Å². The Hall–Kier alpha value is -0.510. The molecule has 15 heavy (non-hydrogen) atoms. The summed E-state index contributed by atoms with van der Waals surface area (Å²) in [6, 6.07) is 5.58. The predicted octanol–water partition coefficient (Wildman–Crippen LogP) is 2.52. The average molecular weight is 250 g/mol. The van der Waals surface area contributed by atoms with Crippen LogP contribution in [-0.4, -0.2) is 37.1 Å². The lowest BCUT2D eigenvalue weighted by molar-refractivity contribution is 0.405. The molecule has 1 heterocycles. The van der Waals surface area contributed by atoms with Crippen LogP contribution in [0.2, 0.25) is 5.15 Å². The summed E-state index contributed by atoms with van der Waals surface area (Å²) in [5.74, 6) is 0.844. The van der Waals surface area contributed by atoms with Gasteiger partial charge in [-0.05, 0) is 39.2 Å². The van der Waals surface area contributed by atoms with Crippen LogP contribution in [0.3, 0.4) is 0 Å². The third-order valence-corrected chi connectivity index (χ3v) is 2.01. The van der Waals surface area contributed by atoms with Gasteiger partial charge in [-0.15, -0.1) is 12.4 Å². The molecule has 0 amide bonds. The van der Waals surface area contributed by atoms with Crippen molar-refractivity contribution in [1.82, 2.24) is 9.88 Å². The van der Waals surface area contributed by atoms with Crippen LogP contribution in [0.15, 0.2) is 18.2 Å². The quantitative estimate of drug-likeness (QED) is 0.643. The van der Waals surface area contributed by atoms with Crippen LogP contribution in [-0.2, 0) is 0 Å². The minimum atomic E-state index is 0. The van der Waals surface area contributed by atoms with Crippen LogP contribution < -0.4 is 5.32 Å². The maximum absolute atomic E-state index is 5.75. The van der Waals surface area contributed by atoms with Crippen LogP contribution in [0.5, 0.6) is 0 Å². The summed E-state index contributed by atoms with van der Waals surface area (Å²) in [4.78, 5) is 6.29. The van der Waals surface area contributed by atoms with Crippen molar-refractivity contribution in [2.75, 3.05) is 32.5 Å². The number of anilines is 1. The highest BCUT2D eigenvalue weighted by Crippen LogP contribution is 2.08. The van der Waals surface area contributed by atoms with Gasteiger partial charge in [0.2, 0.25) is 0 Å². The van der Waals surface area contributed by atoms with Crippen molar-refractivity contribution in [2.45, 2.75) is 6.42 Å². The van der Waals surface area contributed by atoms with Gasteiger partial charge in [-0.3, -0.25) is 0 Å². The minimum absolute atomic E-state index is 0. The van der Waals surface area contributed by atoms with Gasteiger partial charge >= 0.3 is 0 Å². The molecule has 0 aliphatic heterocycles. The zero-order valence-corrected chi connectivity index (χ0v) is 10.6. The number of nitrogens with zero attached hydrogens (tertiary/aromatic N) is 2. The molecule has 1 aromatic rings. The van der Waals surface area contributed by atoms with Crippen molar-refractivity contribution in [2.24, 2.45) is 0 Å². The highest BCUT2D eigenvalue weighted by Gasteiger charge is 1.94. The van der Waals surface area contributed by atoms with E-state index in [0.717, 1.165) is 25.3 Å². The highest BCUT2D eigenvalue weighted by atomic mass is 35.5. The molecular weight excluding hydrogens is 233 g/mol. The molecule has 0 radical (unpaired) electrons. The molecule has 0 bridgehead atoms. The van der Waals surface area contributed by atoms with E-state index in [9.17, 15) is 0 Å². The number of hydrogen-bond acceptors (Lipinski definition) is 3. The molecule has 0 aromatic carbocycles. The van der Waals surface area contributed by atoms with Crippen LogP contribution >= 0.6 is 24.0 Å². The largest absolute Gasteiger partial charge is 0.370 e. The fourth-order valence-electron chi connectivity index (χ4n) is 1.12. The molecule has 5 heteroatoms. The number of aromatic nitrogens is 1. The zero-order chi connectivity index (χ0) is 10.4. The Morgan fingerprint density at radius 2 is 2.13 bits per heavy atom. The topological polar surface area (TPSA) is 28.2 Å². The highest BCUT2D eigenvalue weighted by molar-refractivity contribution is 6.29. The molecule has 0 saturated carbocycles. The van der Waals surface area contributed by atoms with E-state index >= 15 is 0 Å². The van der Waals surface area contributed by atoms with Crippen molar-refractivity contribution in [3.8, 4) is 0 Å². The smallest absolute Gasteiger partial charge is 0.131 e. The van der Waals surface area contributed by atoms with Crippen molar-refractivity contribution in [1.29, 1.82) is 0 Å². The van der Waals surface area contributed by atoms with Crippen molar-refractivity contribution >= 4 is 29.8 Å². The molecule has 0 saturated heterocycles. The molecule has 0 unspecified atom stereocenters. The first kappa shape index (κ1) is 14.5. The summed E-state index contributed by atoms with van der Waals surface area (Å²) in [5.41, 5.74) is 0. The summed E-state index contributed by atoms with van der Waals surface area (Å²) < 4.78 is 0. The number of halogens is 2. The number of hydrogen-bond donors (Lipinski definition) is 1. The van der Waals surface area contributed by atoms with E-state index in [0.29, 0.717) is 5.15 Å². The molecule has 0 aliphatic carbocycles. The second-order valence-corrected chi connectivity index (χ2v) is 3.82. The molecular formula is C10H17Cl2N3. The van der Waals surface area contributed by atoms with Crippen LogP contribution in [0.4, 0.5) is 5.82 Å². The van der Waals surface area contributed by atoms with E-state index in [2.05, 4.69) is 29.3 Å². The summed E-state index contributed by atoms with van der Waals surface area (Å²) in [6.07, 6.45) is 1.10. The van der Waals surface area contributed by atoms with Crippen molar-refractivity contribution in [3.05, 3.63) is 23.4 Å². The molecule has 0 aliphatic rings. The molecule has 0 fully saturated rings. The third-order valence-electron chi connectivity index (χ3n) is 1.80. The second kappa shape index (κ2) is 7.74. The van der Waals surface area contributed by atoms with Crippen LogP contribution in [0.25, 0.3) is 0 Å². The van der Waals surface area contributed by atoms with Gasteiger partial charge in [0.1, 0.15) is 11.0 Å². The molecule has 1 rings (SSSR count). The standard InChI is InChI=1S/C10H16ClN3.ClH/c1-14(2)8-4-7-12-10-6-3-5-9(11)13-10;/h3,5-6H,4,7-8H2,1-2H3,(H,12,13);1H. The van der Waals surface area contributed by atoms with Crippen LogP contribution in [0.1, 0.15) is 6.42 Å². The zero-order valence-electron chi connectivity index (χ0n) is 9.03. The van der Waals surface area contributed by atoms with Gasteiger partial charge in [0, 0.05) is 6.54 Å². The Balaban J connectivity index is 0.00000196. The predicted molar refractivity (Wildman–Crippen MR) is 68.2 cm³/mol. The number of pyridine rings is 1. The van der Waals surface area contributed by atoms with Crippen molar-refractivity contribution < 1.29 is 0 Å². The van der Waals surface area contributed by atoms with Crippen LogP contribution in [0, 0.1) is 0 Å². The van der Waals surface area contributed by atoms with E-state index in [4.69, 9.17) is 11.6 Å². The fraction of sp³-hybridized carbons (Fsp3) is 0.500. The molecule has 0 spiro atoms. The van der Waals surface area contributed by atoms with Gasteiger partial charge in [0.25, 0.3) is 0 Å². The van der Waals surface area contributed by atoms with Gasteiger partial charge in [-0.25, -0.2) is 4.98 Å². The lowest BCUT2D eigenvalue weighted by Crippen LogP contribution is -2.16. The summed E-state index contributed by atoms with van der Waals surface area (Å²) >= 11 is 5.75. The molecule has 1 aromatic heterocycles. The lowest BCUT2D eigenvalue weighted by Gasteiger charge is -2.10. The SMILES string of the molecule is CN(C)CCCNc1cccc(Cl)n1.Cl. The van der Waals surface area contributed by atoms with E-state index in [-0.39, 0.29) is 12.4 Å². The van der Waals surface area contributed by atoms with E-state index in [1.54, 1.807) is 6.07 Å². The maximum atomic E-state index is 5.75. The lowest BCUT2D eigenvalue weighted by atomic mass is 10.4. The van der Waals surface area contributed by atoms with Gasteiger partial charge in [-0.1, -0.05) is 17.7 Å². The van der Waals surface area contributed by atoms with E-state index < -0.39 is 0 Å². The third kappa shape index (κ3) is 6.55. The Labute approximate surface area is 102 Å². The minimum Gasteiger partial charge on any atom is -0.370 e. The Bertz CT molecular complexity index is 279. The Morgan fingerprint density at radius 1 is 1.40 bits per heavy atom. The molecule has 3 nitrogen and oxygen atoms in total. The van der Waals surface area contributed by atoms with Crippen molar-refractivity contribution in [3.63, 3.8) is 0 Å². The molecule has 0 atom stereocenters. The normalized spacial score (nSPS) is 9.87. The Kier molecular flexibility index (Phi) is 7.48. The van der Waals surface area contributed by atoms with Gasteiger partial charge in [-0.2, -0.15) is 0 Å². The molecule has 86 valence electrons. The number of nitrogens with one attached hydrogen (secondary N) is 1. The first-order valence-electron chi connectivity index (χ1n) is 4.69. The summed E-state index contributed by atoms with van der Waals surface area (Å²) in [6.45, 7) is 2.00.